The molecule has 0 aromatic carbocycles. The maximum Gasteiger partial charge on any atom is 0.204 e. The summed E-state index contributed by atoms with van der Waals surface area (Å²) in [7, 11) is 3.40. The first-order valence-corrected chi connectivity index (χ1v) is 6.23. The second kappa shape index (κ2) is 6.39. The molecular formula is C12H20N4O2. The van der Waals surface area contributed by atoms with Gasteiger partial charge >= 0.3 is 0 Å². The molecule has 0 spiro atoms. The highest BCUT2D eigenvalue weighted by molar-refractivity contribution is 5.63. The van der Waals surface area contributed by atoms with Gasteiger partial charge in [-0.25, -0.2) is 9.97 Å². The zero-order chi connectivity index (χ0) is 12.8. The first-order valence-electron chi connectivity index (χ1n) is 6.23. The van der Waals surface area contributed by atoms with E-state index in [9.17, 15) is 0 Å². The third-order valence-electron chi connectivity index (χ3n) is 2.83. The normalized spacial score (nSPS) is 14.3. The Labute approximate surface area is 107 Å². The molecule has 1 aromatic rings. The van der Waals surface area contributed by atoms with Crippen LogP contribution in [0.2, 0.25) is 0 Å². The van der Waals surface area contributed by atoms with E-state index in [1.165, 1.54) is 19.2 Å². The van der Waals surface area contributed by atoms with Crippen LogP contribution in [0.5, 0.6) is 5.75 Å². The van der Waals surface area contributed by atoms with Crippen molar-refractivity contribution in [3.8, 4) is 5.75 Å². The molecule has 6 nitrogen and oxygen atoms in total. The predicted octanol–water partition coefficient (Wildman–Crippen LogP) is 1.37. The number of anilines is 2. The minimum absolute atomic E-state index is 0.627. The standard InChI is InChI=1S/C12H20N4O2/c1-13-11-10(17-2)12(16-8-15-11)14-5-6-18-7-9-3-4-9/h8-9H,3-7H2,1-2H3,(H2,13,14,15,16). The van der Waals surface area contributed by atoms with E-state index in [4.69, 9.17) is 9.47 Å². The predicted molar refractivity (Wildman–Crippen MR) is 70.2 cm³/mol. The largest absolute Gasteiger partial charge is 0.490 e. The van der Waals surface area contributed by atoms with Gasteiger partial charge in [0.05, 0.1) is 13.7 Å². The van der Waals surface area contributed by atoms with E-state index in [-0.39, 0.29) is 0 Å². The summed E-state index contributed by atoms with van der Waals surface area (Å²) in [5.41, 5.74) is 0. The molecule has 0 bridgehead atoms. The number of nitrogens with one attached hydrogen (secondary N) is 2. The van der Waals surface area contributed by atoms with Gasteiger partial charge in [0.1, 0.15) is 6.33 Å². The Bertz CT molecular complexity index is 382. The highest BCUT2D eigenvalue weighted by atomic mass is 16.5. The number of hydrogen-bond donors (Lipinski definition) is 2. The molecule has 0 saturated heterocycles. The molecule has 0 amide bonds. The summed E-state index contributed by atoms with van der Waals surface area (Å²) < 4.78 is 10.8. The van der Waals surface area contributed by atoms with Gasteiger partial charge in [-0.3, -0.25) is 0 Å². The molecule has 100 valence electrons. The highest BCUT2D eigenvalue weighted by Gasteiger charge is 2.20. The summed E-state index contributed by atoms with van der Waals surface area (Å²) in [5, 5.41) is 6.16. The minimum Gasteiger partial charge on any atom is -0.490 e. The molecule has 0 radical (unpaired) electrons. The number of nitrogens with zero attached hydrogens (tertiary/aromatic N) is 2. The number of ether oxygens (including phenoxy) is 2. The summed E-state index contributed by atoms with van der Waals surface area (Å²) in [4.78, 5) is 8.25. The third kappa shape index (κ3) is 3.46. The first-order chi connectivity index (χ1) is 8.85. The Hall–Kier alpha value is -1.56. The van der Waals surface area contributed by atoms with Crippen LogP contribution < -0.4 is 15.4 Å². The molecule has 1 aliphatic rings. The number of methoxy groups -OCH3 is 1. The van der Waals surface area contributed by atoms with Crippen LogP contribution in [0.1, 0.15) is 12.8 Å². The van der Waals surface area contributed by atoms with Gasteiger partial charge in [0, 0.05) is 20.2 Å². The first kappa shape index (κ1) is 12.9. The summed E-state index contributed by atoms with van der Waals surface area (Å²) in [6, 6.07) is 0. The lowest BCUT2D eigenvalue weighted by atomic mass is 10.4. The van der Waals surface area contributed by atoms with E-state index < -0.39 is 0 Å². The van der Waals surface area contributed by atoms with Crippen molar-refractivity contribution < 1.29 is 9.47 Å². The fourth-order valence-electron chi connectivity index (χ4n) is 1.65. The quantitative estimate of drug-likeness (QED) is 0.681. The van der Waals surface area contributed by atoms with Gasteiger partial charge in [-0.05, 0) is 18.8 Å². The van der Waals surface area contributed by atoms with Crippen molar-refractivity contribution in [3.05, 3.63) is 6.33 Å². The average molecular weight is 252 g/mol. The fourth-order valence-corrected chi connectivity index (χ4v) is 1.65. The van der Waals surface area contributed by atoms with Gasteiger partial charge in [-0.1, -0.05) is 0 Å². The number of aromatic nitrogens is 2. The van der Waals surface area contributed by atoms with Crippen LogP contribution >= 0.6 is 0 Å². The molecule has 2 N–H and O–H groups in total. The van der Waals surface area contributed by atoms with Crippen LogP contribution in [0.4, 0.5) is 11.6 Å². The Kier molecular flexibility index (Phi) is 4.58. The van der Waals surface area contributed by atoms with E-state index in [2.05, 4.69) is 20.6 Å². The van der Waals surface area contributed by atoms with Crippen LogP contribution in [-0.4, -0.2) is 43.9 Å². The molecule has 0 unspecified atom stereocenters. The van der Waals surface area contributed by atoms with Crippen LogP contribution in [0.25, 0.3) is 0 Å². The Morgan fingerprint density at radius 1 is 1.33 bits per heavy atom. The molecule has 1 aliphatic carbocycles. The Morgan fingerprint density at radius 2 is 2.11 bits per heavy atom. The summed E-state index contributed by atoms with van der Waals surface area (Å²) in [5.74, 6) is 2.79. The SMILES string of the molecule is CNc1ncnc(NCCOCC2CC2)c1OC. The summed E-state index contributed by atoms with van der Waals surface area (Å²) >= 11 is 0. The average Bonchev–Trinajstić information content (AvgIpc) is 3.22. The van der Waals surface area contributed by atoms with Gasteiger partial charge < -0.3 is 20.1 Å². The number of rotatable bonds is 8. The maximum absolute atomic E-state index is 5.55. The molecule has 0 atom stereocenters. The zero-order valence-electron chi connectivity index (χ0n) is 10.9. The Balaban J connectivity index is 1.79. The van der Waals surface area contributed by atoms with Gasteiger partial charge in [-0.15, -0.1) is 0 Å². The van der Waals surface area contributed by atoms with Crippen LogP contribution in [0.3, 0.4) is 0 Å². The van der Waals surface area contributed by atoms with Gasteiger partial charge in [0.25, 0.3) is 0 Å². The van der Waals surface area contributed by atoms with E-state index in [1.807, 2.05) is 0 Å². The van der Waals surface area contributed by atoms with E-state index >= 15 is 0 Å². The topological polar surface area (TPSA) is 68.3 Å². The smallest absolute Gasteiger partial charge is 0.204 e. The summed E-state index contributed by atoms with van der Waals surface area (Å²) in [6.45, 7) is 2.27. The van der Waals surface area contributed by atoms with Crippen molar-refractivity contribution in [2.24, 2.45) is 5.92 Å². The number of hydrogen-bond acceptors (Lipinski definition) is 6. The maximum atomic E-state index is 5.55. The lowest BCUT2D eigenvalue weighted by molar-refractivity contribution is 0.134. The van der Waals surface area contributed by atoms with E-state index in [1.54, 1.807) is 14.2 Å². The van der Waals surface area contributed by atoms with Crippen molar-refractivity contribution in [3.63, 3.8) is 0 Å². The van der Waals surface area contributed by atoms with Crippen molar-refractivity contribution in [2.45, 2.75) is 12.8 Å². The lowest BCUT2D eigenvalue weighted by Crippen LogP contribution is -2.13. The Morgan fingerprint density at radius 3 is 2.78 bits per heavy atom. The zero-order valence-corrected chi connectivity index (χ0v) is 10.9. The van der Waals surface area contributed by atoms with Crippen molar-refractivity contribution in [1.29, 1.82) is 0 Å². The molecule has 1 saturated carbocycles. The van der Waals surface area contributed by atoms with Crippen LogP contribution in [0.15, 0.2) is 6.33 Å². The van der Waals surface area contributed by atoms with Gasteiger partial charge in [0.15, 0.2) is 11.6 Å². The molecule has 2 rings (SSSR count). The van der Waals surface area contributed by atoms with Crippen molar-refractivity contribution >= 4 is 11.6 Å². The molecule has 1 fully saturated rings. The van der Waals surface area contributed by atoms with Gasteiger partial charge in [-0.2, -0.15) is 0 Å². The molecule has 6 heteroatoms. The highest BCUT2D eigenvalue weighted by Crippen LogP contribution is 2.29. The lowest BCUT2D eigenvalue weighted by Gasteiger charge is -2.12. The minimum atomic E-state index is 0.627. The van der Waals surface area contributed by atoms with E-state index in [0.29, 0.717) is 30.5 Å². The monoisotopic (exact) mass is 252 g/mol. The molecular weight excluding hydrogens is 232 g/mol. The van der Waals surface area contributed by atoms with Crippen molar-refractivity contribution in [2.75, 3.05) is 44.5 Å². The van der Waals surface area contributed by atoms with Crippen LogP contribution in [0, 0.1) is 5.92 Å². The van der Waals surface area contributed by atoms with Crippen molar-refractivity contribution in [1.82, 2.24) is 9.97 Å². The molecule has 18 heavy (non-hydrogen) atoms. The summed E-state index contributed by atoms with van der Waals surface area (Å²) in [6.07, 6.45) is 4.14. The second-order valence-corrected chi connectivity index (χ2v) is 4.30. The fraction of sp³-hybridized carbons (Fsp3) is 0.667. The van der Waals surface area contributed by atoms with E-state index in [0.717, 1.165) is 12.5 Å². The second-order valence-electron chi connectivity index (χ2n) is 4.30. The third-order valence-corrected chi connectivity index (χ3v) is 2.83. The molecule has 0 aliphatic heterocycles. The molecule has 1 aromatic heterocycles. The van der Waals surface area contributed by atoms with Gasteiger partial charge in [0.2, 0.25) is 5.75 Å². The van der Waals surface area contributed by atoms with Crippen LogP contribution in [-0.2, 0) is 4.74 Å². The molecule has 1 heterocycles.